The highest BCUT2D eigenvalue weighted by molar-refractivity contribution is 7.89. The summed E-state index contributed by atoms with van der Waals surface area (Å²) in [5, 5.41) is 3.47. The Bertz CT molecular complexity index is 1030. The third-order valence-electron chi connectivity index (χ3n) is 5.47. The lowest BCUT2D eigenvalue weighted by atomic mass is 9.97. The van der Waals surface area contributed by atoms with Crippen LogP contribution in [0.25, 0.3) is 0 Å². The van der Waals surface area contributed by atoms with Crippen molar-refractivity contribution in [1.82, 2.24) is 9.62 Å². The third kappa shape index (κ3) is 5.31. The molecule has 0 saturated carbocycles. The van der Waals surface area contributed by atoms with Crippen molar-refractivity contribution < 1.29 is 22.7 Å². The van der Waals surface area contributed by atoms with Crippen molar-refractivity contribution in [3.8, 4) is 11.5 Å². The molecule has 0 bridgehead atoms. The first-order valence-electron chi connectivity index (χ1n) is 10.0. The Morgan fingerprint density at radius 1 is 1.16 bits per heavy atom. The Morgan fingerprint density at radius 2 is 1.87 bits per heavy atom. The van der Waals surface area contributed by atoms with E-state index >= 15 is 0 Å². The maximum absolute atomic E-state index is 13.0. The Kier molecular flexibility index (Phi) is 7.46. The molecule has 0 radical (unpaired) electrons. The van der Waals surface area contributed by atoms with Gasteiger partial charge in [-0.1, -0.05) is 11.6 Å². The number of carbonyl (C=O) groups excluding carboxylic acids is 1. The second kappa shape index (κ2) is 9.89. The molecule has 2 aromatic rings. The molecule has 2 aromatic carbocycles. The molecule has 7 nitrogen and oxygen atoms in total. The van der Waals surface area contributed by atoms with E-state index in [0.717, 1.165) is 5.56 Å². The molecule has 1 saturated heterocycles. The van der Waals surface area contributed by atoms with E-state index in [1.165, 1.54) is 16.4 Å². The van der Waals surface area contributed by atoms with Gasteiger partial charge in [-0.3, -0.25) is 4.79 Å². The summed E-state index contributed by atoms with van der Waals surface area (Å²) in [5.74, 6) is 0.683. The Labute approximate surface area is 188 Å². The first-order chi connectivity index (χ1) is 14.8. The van der Waals surface area contributed by atoms with E-state index in [1.807, 2.05) is 13.0 Å². The number of piperidine rings is 1. The standard InChI is InChI=1S/C22H27ClN2O5S/c1-15(20-13-18(29-2)8-11-21(20)30-3)24-22(26)16-5-4-12-25(14-16)31(27,28)19-9-6-17(23)7-10-19/h6-11,13,15-16H,4-5,12,14H2,1-3H3,(H,24,26)/t15-,16+/m0/s1. The van der Waals surface area contributed by atoms with Crippen LogP contribution in [0.5, 0.6) is 11.5 Å². The zero-order valence-electron chi connectivity index (χ0n) is 17.8. The summed E-state index contributed by atoms with van der Waals surface area (Å²) in [4.78, 5) is 13.1. The van der Waals surface area contributed by atoms with E-state index in [-0.39, 0.29) is 23.4 Å². The van der Waals surface area contributed by atoms with Crippen molar-refractivity contribution in [3.05, 3.63) is 53.1 Å². The minimum atomic E-state index is -3.69. The summed E-state index contributed by atoms with van der Waals surface area (Å²) in [6.07, 6.45) is 1.24. The third-order valence-corrected chi connectivity index (χ3v) is 7.60. The van der Waals surface area contributed by atoms with Gasteiger partial charge in [-0.05, 0) is 62.2 Å². The van der Waals surface area contributed by atoms with Crippen LogP contribution in [0.4, 0.5) is 0 Å². The monoisotopic (exact) mass is 466 g/mol. The zero-order valence-corrected chi connectivity index (χ0v) is 19.4. The van der Waals surface area contributed by atoms with Crippen molar-refractivity contribution in [1.29, 1.82) is 0 Å². The Hall–Kier alpha value is -2.29. The largest absolute Gasteiger partial charge is 0.497 e. The molecular formula is C22H27ClN2O5S. The van der Waals surface area contributed by atoms with Crippen LogP contribution in [0, 0.1) is 5.92 Å². The van der Waals surface area contributed by atoms with Gasteiger partial charge in [-0.15, -0.1) is 0 Å². The first kappa shape index (κ1) is 23.4. The highest BCUT2D eigenvalue weighted by Gasteiger charge is 2.34. The molecule has 1 N–H and O–H groups in total. The van der Waals surface area contributed by atoms with Crippen molar-refractivity contribution in [3.63, 3.8) is 0 Å². The fourth-order valence-electron chi connectivity index (χ4n) is 3.72. The smallest absolute Gasteiger partial charge is 0.243 e. The van der Waals surface area contributed by atoms with Crippen LogP contribution in [0.2, 0.25) is 5.02 Å². The van der Waals surface area contributed by atoms with E-state index < -0.39 is 15.9 Å². The zero-order chi connectivity index (χ0) is 22.6. The Morgan fingerprint density at radius 3 is 2.52 bits per heavy atom. The number of sulfonamides is 1. The normalized spacial score (nSPS) is 18.3. The molecule has 1 fully saturated rings. The van der Waals surface area contributed by atoms with Crippen LogP contribution in [0.1, 0.15) is 31.4 Å². The molecule has 1 heterocycles. The van der Waals surface area contributed by atoms with E-state index in [4.69, 9.17) is 21.1 Å². The molecule has 9 heteroatoms. The molecule has 1 aliphatic rings. The Balaban J connectivity index is 1.72. The number of methoxy groups -OCH3 is 2. The molecule has 1 amide bonds. The average molecular weight is 467 g/mol. The molecule has 0 aliphatic carbocycles. The van der Waals surface area contributed by atoms with E-state index in [9.17, 15) is 13.2 Å². The maximum atomic E-state index is 13.0. The fourth-order valence-corrected chi connectivity index (χ4v) is 5.37. The number of nitrogens with zero attached hydrogens (tertiary/aromatic N) is 1. The second-order valence-electron chi connectivity index (χ2n) is 7.49. The lowest BCUT2D eigenvalue weighted by molar-refractivity contribution is -0.126. The summed E-state index contributed by atoms with van der Waals surface area (Å²) < 4.78 is 38.0. The number of benzene rings is 2. The molecule has 0 unspecified atom stereocenters. The van der Waals surface area contributed by atoms with Gasteiger partial charge in [-0.2, -0.15) is 4.31 Å². The number of halogens is 1. The van der Waals surface area contributed by atoms with Crippen molar-refractivity contribution >= 4 is 27.5 Å². The van der Waals surface area contributed by atoms with Gasteiger partial charge in [0.25, 0.3) is 0 Å². The highest BCUT2D eigenvalue weighted by atomic mass is 35.5. The highest BCUT2D eigenvalue weighted by Crippen LogP contribution is 2.30. The number of rotatable bonds is 7. The predicted octanol–water partition coefficient (Wildman–Crippen LogP) is 3.64. The van der Waals surface area contributed by atoms with Crippen molar-refractivity contribution in [2.24, 2.45) is 5.92 Å². The van der Waals surface area contributed by atoms with Gasteiger partial charge in [0.2, 0.25) is 15.9 Å². The number of hydrogen-bond acceptors (Lipinski definition) is 5. The van der Waals surface area contributed by atoms with Crippen LogP contribution in [0.3, 0.4) is 0 Å². The predicted molar refractivity (Wildman–Crippen MR) is 119 cm³/mol. The van der Waals surface area contributed by atoms with E-state index in [0.29, 0.717) is 35.9 Å². The second-order valence-corrected chi connectivity index (χ2v) is 9.87. The fraction of sp³-hybridized carbons (Fsp3) is 0.409. The van der Waals surface area contributed by atoms with Crippen LogP contribution in [-0.2, 0) is 14.8 Å². The number of carbonyl (C=O) groups is 1. The van der Waals surface area contributed by atoms with Gasteiger partial charge in [-0.25, -0.2) is 8.42 Å². The lowest BCUT2D eigenvalue weighted by Crippen LogP contribution is -2.45. The minimum Gasteiger partial charge on any atom is -0.497 e. The topological polar surface area (TPSA) is 84.9 Å². The van der Waals surface area contributed by atoms with Crippen LogP contribution < -0.4 is 14.8 Å². The van der Waals surface area contributed by atoms with Crippen molar-refractivity contribution in [2.75, 3.05) is 27.3 Å². The van der Waals surface area contributed by atoms with E-state index in [1.54, 1.807) is 38.5 Å². The maximum Gasteiger partial charge on any atom is 0.243 e. The molecule has 1 aliphatic heterocycles. The first-order valence-corrected chi connectivity index (χ1v) is 11.9. The number of hydrogen-bond donors (Lipinski definition) is 1. The van der Waals surface area contributed by atoms with Crippen LogP contribution in [-0.4, -0.2) is 45.9 Å². The summed E-state index contributed by atoms with van der Waals surface area (Å²) in [5.41, 5.74) is 0.789. The quantitative estimate of drug-likeness (QED) is 0.673. The molecule has 2 atom stereocenters. The summed E-state index contributed by atoms with van der Waals surface area (Å²) >= 11 is 5.87. The van der Waals surface area contributed by atoms with Gasteiger partial charge in [0.15, 0.2) is 0 Å². The van der Waals surface area contributed by atoms with Gasteiger partial charge >= 0.3 is 0 Å². The molecule has 31 heavy (non-hydrogen) atoms. The molecule has 168 valence electrons. The van der Waals surface area contributed by atoms with Gasteiger partial charge in [0, 0.05) is 23.7 Å². The van der Waals surface area contributed by atoms with Gasteiger partial charge in [0.1, 0.15) is 11.5 Å². The number of amides is 1. The van der Waals surface area contributed by atoms with E-state index in [2.05, 4.69) is 5.32 Å². The van der Waals surface area contributed by atoms with Gasteiger partial charge in [0.05, 0.1) is 31.1 Å². The molecule has 0 spiro atoms. The number of ether oxygens (including phenoxy) is 2. The SMILES string of the molecule is COc1ccc(OC)c([C@H](C)NC(=O)[C@@H]2CCCN(S(=O)(=O)c3ccc(Cl)cc3)C2)c1. The number of nitrogens with one attached hydrogen (secondary N) is 1. The summed E-state index contributed by atoms with van der Waals surface area (Å²) in [6, 6.07) is 11.1. The van der Waals surface area contributed by atoms with Crippen LogP contribution >= 0.6 is 11.6 Å². The molecular weight excluding hydrogens is 440 g/mol. The molecule has 0 aromatic heterocycles. The van der Waals surface area contributed by atoms with Crippen molar-refractivity contribution in [2.45, 2.75) is 30.7 Å². The van der Waals surface area contributed by atoms with Gasteiger partial charge < -0.3 is 14.8 Å². The lowest BCUT2D eigenvalue weighted by Gasteiger charge is -2.32. The van der Waals surface area contributed by atoms with Crippen LogP contribution in [0.15, 0.2) is 47.4 Å². The minimum absolute atomic E-state index is 0.138. The molecule has 3 rings (SSSR count). The average Bonchev–Trinajstić information content (AvgIpc) is 2.78. The summed E-state index contributed by atoms with van der Waals surface area (Å²) in [6.45, 7) is 2.38. The summed E-state index contributed by atoms with van der Waals surface area (Å²) in [7, 11) is -0.541.